The van der Waals surface area contributed by atoms with Gasteiger partial charge < -0.3 is 0 Å². The number of nitrogens with zero attached hydrogens (tertiary/aromatic N) is 3. The smallest absolute Gasteiger partial charge is 0.187 e. The largest absolute Gasteiger partial charge is 0.296 e. The van der Waals surface area contributed by atoms with Crippen molar-refractivity contribution >= 4 is 11.8 Å². The minimum absolute atomic E-state index is 0.481. The van der Waals surface area contributed by atoms with Gasteiger partial charge in [0.25, 0.3) is 0 Å². The maximum absolute atomic E-state index is 9.17. The Labute approximate surface area is 99.5 Å². The van der Waals surface area contributed by atoms with Crippen LogP contribution < -0.4 is 5.32 Å². The molecule has 1 heterocycles. The van der Waals surface area contributed by atoms with E-state index in [9.17, 15) is 5.26 Å². The van der Waals surface area contributed by atoms with Crippen molar-refractivity contribution in [1.82, 2.24) is 15.3 Å². The zero-order chi connectivity index (χ0) is 11.4. The highest BCUT2D eigenvalue weighted by atomic mass is 32.2. The molecule has 1 aliphatic carbocycles. The molecule has 5 heteroatoms. The molecule has 84 valence electrons. The summed E-state index contributed by atoms with van der Waals surface area (Å²) in [6.07, 6.45) is 5.80. The SMILES string of the molecule is CC(C#N)(CSc1ncccn1)NC1CC1. The van der Waals surface area contributed by atoms with E-state index in [0.29, 0.717) is 11.8 Å². The molecule has 0 saturated heterocycles. The zero-order valence-corrected chi connectivity index (χ0v) is 10.00. The number of rotatable bonds is 5. The average molecular weight is 234 g/mol. The zero-order valence-electron chi connectivity index (χ0n) is 9.18. The predicted octanol–water partition coefficient (Wildman–Crippen LogP) is 1.60. The van der Waals surface area contributed by atoms with E-state index in [1.54, 1.807) is 18.5 Å². The highest BCUT2D eigenvalue weighted by Gasteiger charge is 2.32. The van der Waals surface area contributed by atoms with Gasteiger partial charge in [0.05, 0.1) is 6.07 Å². The molecule has 0 bridgehead atoms. The van der Waals surface area contributed by atoms with E-state index in [4.69, 9.17) is 0 Å². The molecule has 1 aromatic heterocycles. The van der Waals surface area contributed by atoms with Gasteiger partial charge in [0.2, 0.25) is 0 Å². The van der Waals surface area contributed by atoms with Gasteiger partial charge in [0, 0.05) is 24.2 Å². The van der Waals surface area contributed by atoms with Crippen LogP contribution in [0, 0.1) is 11.3 Å². The molecule has 0 spiro atoms. The van der Waals surface area contributed by atoms with Crippen LogP contribution in [0.3, 0.4) is 0 Å². The first-order chi connectivity index (χ1) is 7.72. The molecule has 1 saturated carbocycles. The lowest BCUT2D eigenvalue weighted by Gasteiger charge is -2.22. The summed E-state index contributed by atoms with van der Waals surface area (Å²) in [5, 5.41) is 13.2. The number of hydrogen-bond donors (Lipinski definition) is 1. The molecule has 0 aliphatic heterocycles. The molecule has 0 amide bonds. The first-order valence-corrected chi connectivity index (χ1v) is 6.29. The van der Waals surface area contributed by atoms with Crippen LogP contribution in [0.25, 0.3) is 0 Å². The van der Waals surface area contributed by atoms with E-state index >= 15 is 0 Å². The second kappa shape index (κ2) is 4.81. The van der Waals surface area contributed by atoms with Crippen molar-refractivity contribution in [1.29, 1.82) is 5.26 Å². The van der Waals surface area contributed by atoms with Gasteiger partial charge in [-0.25, -0.2) is 9.97 Å². The van der Waals surface area contributed by atoms with Crippen LogP contribution in [-0.4, -0.2) is 27.3 Å². The summed E-state index contributed by atoms with van der Waals surface area (Å²) >= 11 is 1.51. The summed E-state index contributed by atoms with van der Waals surface area (Å²) < 4.78 is 0. The van der Waals surface area contributed by atoms with Crippen LogP contribution in [0.4, 0.5) is 0 Å². The Kier molecular flexibility index (Phi) is 3.42. The molecule has 1 N–H and O–H groups in total. The molecule has 16 heavy (non-hydrogen) atoms. The fourth-order valence-electron chi connectivity index (χ4n) is 1.35. The van der Waals surface area contributed by atoms with Crippen molar-refractivity contribution in [2.45, 2.75) is 36.5 Å². The Morgan fingerprint density at radius 2 is 2.25 bits per heavy atom. The van der Waals surface area contributed by atoms with Crippen LogP contribution >= 0.6 is 11.8 Å². The van der Waals surface area contributed by atoms with E-state index in [1.165, 1.54) is 24.6 Å². The summed E-state index contributed by atoms with van der Waals surface area (Å²) in [5.41, 5.74) is -0.481. The van der Waals surface area contributed by atoms with E-state index in [2.05, 4.69) is 21.4 Å². The molecule has 1 unspecified atom stereocenters. The molecule has 1 aliphatic rings. The van der Waals surface area contributed by atoms with Crippen molar-refractivity contribution < 1.29 is 0 Å². The van der Waals surface area contributed by atoms with Crippen molar-refractivity contribution in [3.63, 3.8) is 0 Å². The third kappa shape index (κ3) is 3.19. The number of aromatic nitrogens is 2. The second-order valence-corrected chi connectivity index (χ2v) is 5.13. The molecule has 0 radical (unpaired) electrons. The van der Waals surface area contributed by atoms with Gasteiger partial charge in [-0.1, -0.05) is 11.8 Å². The summed E-state index contributed by atoms with van der Waals surface area (Å²) in [5.74, 6) is 0.671. The monoisotopic (exact) mass is 234 g/mol. The summed E-state index contributed by atoms with van der Waals surface area (Å²) in [6.45, 7) is 1.93. The van der Waals surface area contributed by atoms with Gasteiger partial charge in [0.15, 0.2) is 5.16 Å². The maximum atomic E-state index is 9.17. The average Bonchev–Trinajstić information content (AvgIpc) is 3.12. The Morgan fingerprint density at radius 3 is 2.81 bits per heavy atom. The molecule has 4 nitrogen and oxygen atoms in total. The topological polar surface area (TPSA) is 61.6 Å². The number of hydrogen-bond acceptors (Lipinski definition) is 5. The highest BCUT2D eigenvalue weighted by Crippen LogP contribution is 2.25. The van der Waals surface area contributed by atoms with E-state index in [1.807, 2.05) is 6.92 Å². The lowest BCUT2D eigenvalue weighted by Crippen LogP contribution is -2.44. The first kappa shape index (κ1) is 11.4. The van der Waals surface area contributed by atoms with Crippen LogP contribution in [0.2, 0.25) is 0 Å². The van der Waals surface area contributed by atoms with Crippen LogP contribution in [0.15, 0.2) is 23.6 Å². The van der Waals surface area contributed by atoms with Crippen LogP contribution in [0.1, 0.15) is 19.8 Å². The highest BCUT2D eigenvalue weighted by molar-refractivity contribution is 7.99. The Bertz CT molecular complexity index is 385. The number of thioether (sulfide) groups is 1. The standard InChI is InChI=1S/C11H14N4S/c1-11(7-12,15-9-3-4-9)8-16-10-13-5-2-6-14-10/h2,5-6,9,15H,3-4,8H2,1H3. The lowest BCUT2D eigenvalue weighted by atomic mass is 10.1. The molecular formula is C11H14N4S. The quantitative estimate of drug-likeness (QED) is 0.619. The van der Waals surface area contributed by atoms with E-state index in [-0.39, 0.29) is 0 Å². The maximum Gasteiger partial charge on any atom is 0.187 e. The van der Waals surface area contributed by atoms with Crippen molar-refractivity contribution in [2.24, 2.45) is 0 Å². The Balaban J connectivity index is 1.89. The minimum Gasteiger partial charge on any atom is -0.296 e. The summed E-state index contributed by atoms with van der Waals surface area (Å²) in [6, 6.07) is 4.65. The molecule has 1 fully saturated rings. The van der Waals surface area contributed by atoms with Crippen LogP contribution in [0.5, 0.6) is 0 Å². The van der Waals surface area contributed by atoms with Gasteiger partial charge in [-0.3, -0.25) is 5.32 Å². The van der Waals surface area contributed by atoms with Gasteiger partial charge in [0.1, 0.15) is 5.54 Å². The van der Waals surface area contributed by atoms with Crippen molar-refractivity contribution in [3.8, 4) is 6.07 Å². The third-order valence-electron chi connectivity index (χ3n) is 2.38. The van der Waals surface area contributed by atoms with Crippen LogP contribution in [-0.2, 0) is 0 Å². The van der Waals surface area contributed by atoms with E-state index in [0.717, 1.165) is 5.16 Å². The van der Waals surface area contributed by atoms with Gasteiger partial charge in [-0.15, -0.1) is 0 Å². The Hall–Kier alpha value is -1.12. The molecule has 2 rings (SSSR count). The van der Waals surface area contributed by atoms with Gasteiger partial charge in [-0.2, -0.15) is 5.26 Å². The summed E-state index contributed by atoms with van der Waals surface area (Å²) in [7, 11) is 0. The summed E-state index contributed by atoms with van der Waals surface area (Å²) in [4.78, 5) is 8.25. The first-order valence-electron chi connectivity index (χ1n) is 5.31. The molecular weight excluding hydrogens is 220 g/mol. The Morgan fingerprint density at radius 1 is 1.56 bits per heavy atom. The van der Waals surface area contributed by atoms with Crippen molar-refractivity contribution in [2.75, 3.05) is 5.75 Å². The van der Waals surface area contributed by atoms with Gasteiger partial charge >= 0.3 is 0 Å². The second-order valence-electron chi connectivity index (χ2n) is 4.18. The fourth-order valence-corrected chi connectivity index (χ4v) is 2.19. The fraction of sp³-hybridized carbons (Fsp3) is 0.545. The molecule has 0 aromatic carbocycles. The lowest BCUT2D eigenvalue weighted by molar-refractivity contribution is 0.490. The number of nitriles is 1. The third-order valence-corrected chi connectivity index (χ3v) is 3.57. The minimum atomic E-state index is -0.481. The normalized spacial score (nSPS) is 18.8. The van der Waals surface area contributed by atoms with Crippen molar-refractivity contribution in [3.05, 3.63) is 18.5 Å². The van der Waals surface area contributed by atoms with E-state index < -0.39 is 5.54 Å². The predicted molar refractivity (Wildman–Crippen MR) is 62.9 cm³/mol. The molecule has 1 atom stereocenters. The molecule has 1 aromatic rings. The van der Waals surface area contributed by atoms with Gasteiger partial charge in [-0.05, 0) is 25.8 Å². The number of nitrogens with one attached hydrogen (secondary N) is 1.